The number of guanidine groups is 1. The summed E-state index contributed by atoms with van der Waals surface area (Å²) in [6, 6.07) is 5.98. The molecule has 1 heterocycles. The SMILES string of the molecule is Cc1ccc(CN2C(=O)[C@@](CCC3CCCCC3)(CC3CCCCC3)N=C2N)c(Cl)c1. The summed E-state index contributed by atoms with van der Waals surface area (Å²) < 4.78 is 0. The van der Waals surface area contributed by atoms with Crippen molar-refractivity contribution in [3.05, 3.63) is 34.3 Å². The lowest BCUT2D eigenvalue weighted by Gasteiger charge is -2.33. The van der Waals surface area contributed by atoms with Crippen LogP contribution in [0.15, 0.2) is 23.2 Å². The lowest BCUT2D eigenvalue weighted by molar-refractivity contribution is -0.132. The van der Waals surface area contributed by atoms with Crippen LogP contribution < -0.4 is 5.73 Å². The first kappa shape index (κ1) is 22.6. The largest absolute Gasteiger partial charge is 0.369 e. The first-order chi connectivity index (χ1) is 15.0. The van der Waals surface area contributed by atoms with E-state index in [1.54, 1.807) is 4.90 Å². The van der Waals surface area contributed by atoms with Crippen molar-refractivity contribution in [1.82, 2.24) is 4.90 Å². The van der Waals surface area contributed by atoms with Gasteiger partial charge in [-0.1, -0.05) is 87.9 Å². The number of rotatable bonds is 7. The third kappa shape index (κ3) is 5.27. The molecule has 4 nitrogen and oxygen atoms in total. The molecule has 1 aromatic rings. The topological polar surface area (TPSA) is 58.7 Å². The number of carbonyl (C=O) groups excluding carboxylic acids is 1. The van der Waals surface area contributed by atoms with Crippen molar-refractivity contribution in [2.75, 3.05) is 0 Å². The molecule has 0 radical (unpaired) electrons. The molecule has 1 amide bonds. The van der Waals surface area contributed by atoms with Crippen LogP contribution in [0.3, 0.4) is 0 Å². The number of hydrogen-bond acceptors (Lipinski definition) is 3. The summed E-state index contributed by atoms with van der Waals surface area (Å²) >= 11 is 6.47. The number of aliphatic imine (C=N–C) groups is 1. The molecule has 2 saturated carbocycles. The molecule has 0 bridgehead atoms. The molecule has 0 spiro atoms. The fourth-order valence-corrected chi connectivity index (χ4v) is 6.27. The van der Waals surface area contributed by atoms with E-state index < -0.39 is 5.54 Å². The van der Waals surface area contributed by atoms with E-state index >= 15 is 0 Å². The quantitative estimate of drug-likeness (QED) is 0.531. The predicted octanol–water partition coefficient (Wildman–Crippen LogP) is 6.38. The molecule has 1 aliphatic heterocycles. The summed E-state index contributed by atoms with van der Waals surface area (Å²) in [5.74, 6) is 1.80. The van der Waals surface area contributed by atoms with Gasteiger partial charge in [-0.25, -0.2) is 4.99 Å². The Labute approximate surface area is 192 Å². The van der Waals surface area contributed by atoms with Crippen LogP contribution in [0.5, 0.6) is 0 Å². The fraction of sp³-hybridized carbons (Fsp3) is 0.692. The van der Waals surface area contributed by atoms with Crippen molar-refractivity contribution in [3.8, 4) is 0 Å². The molecule has 0 unspecified atom stereocenters. The number of nitrogens with two attached hydrogens (primary N) is 1. The Morgan fingerprint density at radius 1 is 1.06 bits per heavy atom. The van der Waals surface area contributed by atoms with Crippen molar-refractivity contribution in [2.24, 2.45) is 22.6 Å². The van der Waals surface area contributed by atoms with Gasteiger partial charge in [-0.15, -0.1) is 0 Å². The Morgan fingerprint density at radius 3 is 2.35 bits per heavy atom. The van der Waals surface area contributed by atoms with Gasteiger partial charge >= 0.3 is 0 Å². The minimum atomic E-state index is -0.666. The van der Waals surface area contributed by atoms with E-state index in [9.17, 15) is 4.79 Å². The Morgan fingerprint density at radius 2 is 1.71 bits per heavy atom. The number of benzene rings is 1. The van der Waals surface area contributed by atoms with Crippen molar-refractivity contribution in [1.29, 1.82) is 0 Å². The van der Waals surface area contributed by atoms with Crippen LogP contribution in [-0.4, -0.2) is 22.3 Å². The van der Waals surface area contributed by atoms with Crippen molar-refractivity contribution in [2.45, 2.75) is 102 Å². The first-order valence-electron chi connectivity index (χ1n) is 12.4. The van der Waals surface area contributed by atoms with Crippen LogP contribution in [0, 0.1) is 18.8 Å². The molecule has 3 aliphatic rings. The van der Waals surface area contributed by atoms with Gasteiger partial charge in [0.1, 0.15) is 5.54 Å². The Balaban J connectivity index is 1.53. The van der Waals surface area contributed by atoms with E-state index in [4.69, 9.17) is 22.3 Å². The molecule has 1 aromatic carbocycles. The molecular formula is C26H38ClN3O. The number of hydrogen-bond donors (Lipinski definition) is 1. The molecular weight excluding hydrogens is 406 g/mol. The lowest BCUT2D eigenvalue weighted by Crippen LogP contribution is -2.45. The molecule has 2 aliphatic carbocycles. The van der Waals surface area contributed by atoms with Crippen molar-refractivity contribution in [3.63, 3.8) is 0 Å². The number of carbonyl (C=O) groups is 1. The van der Waals surface area contributed by atoms with Crippen LogP contribution in [0.1, 0.15) is 94.6 Å². The minimum absolute atomic E-state index is 0.100. The summed E-state index contributed by atoms with van der Waals surface area (Å²) in [5, 5.41) is 0.688. The molecule has 1 atom stereocenters. The maximum atomic E-state index is 13.9. The average molecular weight is 444 g/mol. The van der Waals surface area contributed by atoms with Crippen LogP contribution in [0.25, 0.3) is 0 Å². The lowest BCUT2D eigenvalue weighted by atomic mass is 9.75. The molecule has 170 valence electrons. The summed E-state index contributed by atoms with van der Waals surface area (Å²) in [5.41, 5.74) is 7.78. The van der Waals surface area contributed by atoms with Gasteiger partial charge in [0.05, 0.1) is 6.54 Å². The van der Waals surface area contributed by atoms with E-state index in [0.29, 0.717) is 23.4 Å². The van der Waals surface area contributed by atoms with E-state index in [0.717, 1.165) is 36.3 Å². The molecule has 0 aromatic heterocycles. The first-order valence-corrected chi connectivity index (χ1v) is 12.8. The maximum absolute atomic E-state index is 13.9. The summed E-state index contributed by atoms with van der Waals surface area (Å²) in [7, 11) is 0. The van der Waals surface area contributed by atoms with Crippen LogP contribution in [0.4, 0.5) is 0 Å². The third-order valence-electron chi connectivity index (χ3n) is 7.83. The van der Waals surface area contributed by atoms with Crippen LogP contribution >= 0.6 is 11.6 Å². The fourth-order valence-electron chi connectivity index (χ4n) is 5.97. The van der Waals surface area contributed by atoms with E-state index in [2.05, 4.69) is 0 Å². The van der Waals surface area contributed by atoms with Gasteiger partial charge in [-0.3, -0.25) is 9.69 Å². The highest BCUT2D eigenvalue weighted by molar-refractivity contribution is 6.31. The zero-order valence-electron chi connectivity index (χ0n) is 19.0. The Hall–Kier alpha value is -1.55. The van der Waals surface area contributed by atoms with E-state index in [-0.39, 0.29) is 5.91 Å². The highest BCUT2D eigenvalue weighted by Gasteiger charge is 2.48. The highest BCUT2D eigenvalue weighted by atomic mass is 35.5. The number of amides is 1. The van der Waals surface area contributed by atoms with Gasteiger partial charge in [-0.2, -0.15) is 0 Å². The molecule has 31 heavy (non-hydrogen) atoms. The van der Waals surface area contributed by atoms with Crippen molar-refractivity contribution < 1.29 is 4.79 Å². The average Bonchev–Trinajstić information content (AvgIpc) is 3.00. The van der Waals surface area contributed by atoms with Crippen molar-refractivity contribution >= 4 is 23.5 Å². The summed E-state index contributed by atoms with van der Waals surface area (Å²) in [4.78, 5) is 20.5. The third-order valence-corrected chi connectivity index (χ3v) is 8.18. The minimum Gasteiger partial charge on any atom is -0.369 e. The second-order valence-corrected chi connectivity index (χ2v) is 10.6. The van der Waals surface area contributed by atoms with Gasteiger partial charge < -0.3 is 5.73 Å². The molecule has 2 N–H and O–H groups in total. The summed E-state index contributed by atoms with van der Waals surface area (Å²) in [6.45, 7) is 2.43. The maximum Gasteiger partial charge on any atom is 0.257 e. The van der Waals surface area contributed by atoms with Crippen LogP contribution in [0.2, 0.25) is 5.02 Å². The summed E-state index contributed by atoms with van der Waals surface area (Å²) in [6.07, 6.45) is 15.7. The second-order valence-electron chi connectivity index (χ2n) is 10.2. The van der Waals surface area contributed by atoms with E-state index in [1.165, 1.54) is 64.2 Å². The second kappa shape index (κ2) is 9.94. The predicted molar refractivity (Wildman–Crippen MR) is 128 cm³/mol. The number of halogens is 1. The molecule has 5 heteroatoms. The normalized spacial score (nSPS) is 25.8. The Kier molecular flexibility index (Phi) is 7.26. The van der Waals surface area contributed by atoms with Gasteiger partial charge in [0, 0.05) is 5.02 Å². The van der Waals surface area contributed by atoms with Gasteiger partial charge in [0.25, 0.3) is 5.91 Å². The van der Waals surface area contributed by atoms with Gasteiger partial charge in [-0.05, 0) is 55.2 Å². The molecule has 0 saturated heterocycles. The highest BCUT2D eigenvalue weighted by Crippen LogP contribution is 2.41. The smallest absolute Gasteiger partial charge is 0.257 e. The monoisotopic (exact) mass is 443 g/mol. The number of aryl methyl sites for hydroxylation is 1. The molecule has 4 rings (SSSR count). The zero-order valence-corrected chi connectivity index (χ0v) is 19.8. The standard InChI is InChI=1S/C26H38ClN3O/c1-19-12-13-22(23(27)16-19)18-30-24(31)26(29-25(30)28,17-21-10-6-3-7-11-21)15-14-20-8-4-2-5-9-20/h12-13,16,20-21H,2-11,14-15,17-18H2,1H3,(H2,28,29)/t26-/m1/s1. The molecule has 2 fully saturated rings. The van der Waals surface area contributed by atoms with Gasteiger partial charge in [0.2, 0.25) is 0 Å². The van der Waals surface area contributed by atoms with Gasteiger partial charge in [0.15, 0.2) is 5.96 Å². The van der Waals surface area contributed by atoms with E-state index in [1.807, 2.05) is 25.1 Å². The van der Waals surface area contributed by atoms with Crippen LogP contribution in [-0.2, 0) is 11.3 Å². The Bertz CT molecular complexity index is 811. The number of nitrogens with zero attached hydrogens (tertiary/aromatic N) is 2. The zero-order chi connectivity index (χ0) is 21.8.